The van der Waals surface area contributed by atoms with Gasteiger partial charge in [-0.05, 0) is 49.7 Å². The van der Waals surface area contributed by atoms with Gasteiger partial charge in [0.15, 0.2) is 0 Å². The molecule has 2 N–H and O–H groups in total. The van der Waals surface area contributed by atoms with E-state index in [0.29, 0.717) is 41.9 Å². The molecule has 0 aliphatic carbocycles. The summed E-state index contributed by atoms with van der Waals surface area (Å²) in [6, 6.07) is 16.3. The van der Waals surface area contributed by atoms with Gasteiger partial charge in [0.05, 0.1) is 17.5 Å². The number of aromatic nitrogens is 4. The van der Waals surface area contributed by atoms with Gasteiger partial charge < -0.3 is 9.80 Å². The number of hydrogen-bond acceptors (Lipinski definition) is 5. The third-order valence-electron chi connectivity index (χ3n) is 6.72. The highest BCUT2D eigenvalue weighted by Crippen LogP contribution is 2.23. The van der Waals surface area contributed by atoms with Crippen LogP contribution in [0.1, 0.15) is 28.9 Å². The number of amides is 2. The number of nitrogens with one attached hydrogen (secondary N) is 2. The Balaban J connectivity index is 1.30. The molecule has 1 aliphatic rings. The maximum atomic E-state index is 14.0. The standard InChI is InChI=1S/C28H30FN7O2/c1-34-13-15-35(16-14-34)25(37)12-6-9-22-19-36(23-10-3-2-4-11-23)28(31-22)32-27(38)21-8-5-7-20(17-21)24-18-30-33-26(24)29/h2-5,7-8,10-11,17-19H,6,9,12-16H2,1H3,(H,30,33)(H,31,32,38). The maximum absolute atomic E-state index is 14.0. The van der Waals surface area contributed by atoms with Gasteiger partial charge in [0.2, 0.25) is 17.8 Å². The van der Waals surface area contributed by atoms with E-state index in [9.17, 15) is 14.0 Å². The highest BCUT2D eigenvalue weighted by atomic mass is 19.1. The van der Waals surface area contributed by atoms with Gasteiger partial charge >= 0.3 is 0 Å². The lowest BCUT2D eigenvalue weighted by Gasteiger charge is -2.32. The Morgan fingerprint density at radius 2 is 1.84 bits per heavy atom. The number of rotatable bonds is 8. The second kappa shape index (κ2) is 11.4. The number of anilines is 1. The fourth-order valence-corrected chi connectivity index (χ4v) is 4.53. The molecule has 0 saturated carbocycles. The molecule has 4 aromatic rings. The molecular weight excluding hydrogens is 485 g/mol. The predicted octanol–water partition coefficient (Wildman–Crippen LogP) is 3.75. The quantitative estimate of drug-likeness (QED) is 0.372. The second-order valence-electron chi connectivity index (χ2n) is 9.43. The molecule has 38 heavy (non-hydrogen) atoms. The molecule has 3 heterocycles. The van der Waals surface area contributed by atoms with Gasteiger partial charge in [0, 0.05) is 50.0 Å². The zero-order valence-corrected chi connectivity index (χ0v) is 21.2. The van der Waals surface area contributed by atoms with Crippen LogP contribution in [0, 0.1) is 5.95 Å². The Kier molecular flexibility index (Phi) is 7.60. The molecule has 5 rings (SSSR count). The van der Waals surface area contributed by atoms with E-state index in [1.807, 2.05) is 46.0 Å². The average Bonchev–Trinajstić information content (AvgIpc) is 3.55. The molecule has 1 aliphatic heterocycles. The van der Waals surface area contributed by atoms with E-state index in [1.165, 1.54) is 6.20 Å². The molecule has 0 spiro atoms. The van der Waals surface area contributed by atoms with E-state index in [1.54, 1.807) is 24.3 Å². The van der Waals surface area contributed by atoms with Crippen LogP contribution in [-0.4, -0.2) is 74.6 Å². The number of imidazole rings is 1. The predicted molar refractivity (Wildman–Crippen MR) is 143 cm³/mol. The minimum atomic E-state index is -0.557. The molecule has 196 valence electrons. The van der Waals surface area contributed by atoms with Gasteiger partial charge in [0.25, 0.3) is 5.91 Å². The fourth-order valence-electron chi connectivity index (χ4n) is 4.53. The minimum Gasteiger partial charge on any atom is -0.340 e. The number of para-hydroxylation sites is 1. The van der Waals surface area contributed by atoms with Gasteiger partial charge in [-0.3, -0.25) is 24.6 Å². The number of carbonyl (C=O) groups is 2. The van der Waals surface area contributed by atoms with Crippen LogP contribution in [0.4, 0.5) is 10.3 Å². The molecule has 0 radical (unpaired) electrons. The Hall–Kier alpha value is -4.31. The van der Waals surface area contributed by atoms with Crippen LogP contribution in [0.3, 0.4) is 0 Å². The Labute approximate surface area is 220 Å². The Morgan fingerprint density at radius 3 is 2.58 bits per heavy atom. The van der Waals surface area contributed by atoms with Gasteiger partial charge in [-0.25, -0.2) is 4.98 Å². The summed E-state index contributed by atoms with van der Waals surface area (Å²) in [5.41, 5.74) is 2.83. The lowest BCUT2D eigenvalue weighted by Crippen LogP contribution is -2.47. The van der Waals surface area contributed by atoms with Crippen LogP contribution in [0.15, 0.2) is 67.0 Å². The van der Waals surface area contributed by atoms with Crippen LogP contribution in [0.25, 0.3) is 16.8 Å². The number of hydrogen-bond donors (Lipinski definition) is 2. The average molecular weight is 516 g/mol. The number of H-pyrrole nitrogens is 1. The van der Waals surface area contributed by atoms with E-state index in [2.05, 4.69) is 32.4 Å². The molecule has 0 bridgehead atoms. The normalized spacial score (nSPS) is 14.0. The third-order valence-corrected chi connectivity index (χ3v) is 6.72. The largest absolute Gasteiger partial charge is 0.340 e. The first kappa shape index (κ1) is 25.3. The second-order valence-corrected chi connectivity index (χ2v) is 9.43. The molecule has 9 nitrogen and oxygen atoms in total. The number of halogens is 1. The SMILES string of the molecule is CN1CCN(C(=O)CCCc2cn(-c3ccccc3)c(NC(=O)c3cccc(-c4cn[nH]c4F)c3)n2)CC1. The molecule has 0 unspecified atom stereocenters. The maximum Gasteiger partial charge on any atom is 0.258 e. The van der Waals surface area contributed by atoms with Gasteiger partial charge in [-0.15, -0.1) is 0 Å². The number of piperazine rings is 1. The first-order chi connectivity index (χ1) is 18.5. The third kappa shape index (κ3) is 5.81. The molecule has 1 fully saturated rings. The van der Waals surface area contributed by atoms with Crippen molar-refractivity contribution in [3.63, 3.8) is 0 Å². The number of carbonyl (C=O) groups excluding carboxylic acids is 2. The van der Waals surface area contributed by atoms with Gasteiger partial charge in [-0.2, -0.15) is 9.49 Å². The van der Waals surface area contributed by atoms with Crippen LogP contribution in [0.5, 0.6) is 0 Å². The summed E-state index contributed by atoms with van der Waals surface area (Å²) in [7, 11) is 2.07. The molecule has 2 amide bonds. The monoisotopic (exact) mass is 515 g/mol. The molecule has 1 saturated heterocycles. The van der Waals surface area contributed by atoms with Crippen molar-refractivity contribution in [2.75, 3.05) is 38.5 Å². The van der Waals surface area contributed by atoms with Crippen molar-refractivity contribution in [1.29, 1.82) is 0 Å². The van der Waals surface area contributed by atoms with Crippen molar-refractivity contribution in [2.45, 2.75) is 19.3 Å². The van der Waals surface area contributed by atoms with Crippen LogP contribution >= 0.6 is 0 Å². The van der Waals surface area contributed by atoms with E-state index >= 15 is 0 Å². The van der Waals surface area contributed by atoms with E-state index in [0.717, 1.165) is 37.6 Å². The van der Waals surface area contributed by atoms with Crippen molar-refractivity contribution in [1.82, 2.24) is 29.5 Å². The summed E-state index contributed by atoms with van der Waals surface area (Å²) in [5, 5.41) is 8.89. The zero-order valence-electron chi connectivity index (χ0n) is 21.2. The number of likely N-dealkylation sites (N-methyl/N-ethyl adjacent to an activating group) is 1. The summed E-state index contributed by atoms with van der Waals surface area (Å²) in [5.74, 6) is -0.377. The zero-order chi connectivity index (χ0) is 26.5. The van der Waals surface area contributed by atoms with E-state index in [4.69, 9.17) is 0 Å². The smallest absolute Gasteiger partial charge is 0.258 e. The van der Waals surface area contributed by atoms with Crippen molar-refractivity contribution in [3.8, 4) is 16.8 Å². The molecule has 10 heteroatoms. The fraction of sp³-hybridized carbons (Fsp3) is 0.286. The topological polar surface area (TPSA) is 99.1 Å². The highest BCUT2D eigenvalue weighted by molar-refractivity contribution is 6.04. The van der Waals surface area contributed by atoms with Gasteiger partial charge in [-0.1, -0.05) is 30.3 Å². The number of aryl methyl sites for hydroxylation is 1. The van der Waals surface area contributed by atoms with Crippen molar-refractivity contribution in [3.05, 3.63) is 84.2 Å². The van der Waals surface area contributed by atoms with Crippen molar-refractivity contribution >= 4 is 17.8 Å². The summed E-state index contributed by atoms with van der Waals surface area (Å²) in [6.45, 7) is 3.33. The number of aromatic amines is 1. The summed E-state index contributed by atoms with van der Waals surface area (Å²) in [4.78, 5) is 34.6. The Bertz CT molecular complexity index is 1410. The Morgan fingerprint density at radius 1 is 1.05 bits per heavy atom. The van der Waals surface area contributed by atoms with Crippen molar-refractivity contribution in [2.24, 2.45) is 0 Å². The minimum absolute atomic E-state index is 0.169. The lowest BCUT2D eigenvalue weighted by molar-refractivity contribution is -0.132. The summed E-state index contributed by atoms with van der Waals surface area (Å²) < 4.78 is 15.8. The number of benzene rings is 2. The molecule has 0 atom stereocenters. The van der Waals surface area contributed by atoms with Crippen LogP contribution in [0.2, 0.25) is 0 Å². The van der Waals surface area contributed by atoms with Crippen molar-refractivity contribution < 1.29 is 14.0 Å². The van der Waals surface area contributed by atoms with Crippen LogP contribution < -0.4 is 5.32 Å². The summed E-state index contributed by atoms with van der Waals surface area (Å²) >= 11 is 0. The van der Waals surface area contributed by atoms with Gasteiger partial charge in [0.1, 0.15) is 0 Å². The first-order valence-electron chi connectivity index (χ1n) is 12.7. The van der Waals surface area contributed by atoms with E-state index < -0.39 is 5.95 Å². The number of nitrogens with zero attached hydrogens (tertiary/aromatic N) is 5. The van der Waals surface area contributed by atoms with E-state index in [-0.39, 0.29) is 11.8 Å². The molecular formula is C28H30FN7O2. The lowest BCUT2D eigenvalue weighted by atomic mass is 10.1. The highest BCUT2D eigenvalue weighted by Gasteiger charge is 2.19. The summed E-state index contributed by atoms with van der Waals surface area (Å²) in [6.07, 6.45) is 5.01. The molecule has 2 aromatic carbocycles. The molecule has 2 aromatic heterocycles. The van der Waals surface area contributed by atoms with Crippen LogP contribution in [-0.2, 0) is 11.2 Å². The first-order valence-corrected chi connectivity index (χ1v) is 12.7.